The quantitative estimate of drug-likeness (QED) is 0.876. The summed E-state index contributed by atoms with van der Waals surface area (Å²) in [6.45, 7) is 0. The van der Waals surface area contributed by atoms with Crippen molar-refractivity contribution in [1.82, 2.24) is 4.98 Å². The Labute approximate surface area is 132 Å². The van der Waals surface area contributed by atoms with Crippen molar-refractivity contribution in [2.75, 3.05) is 0 Å². The van der Waals surface area contributed by atoms with E-state index in [0.717, 1.165) is 12.0 Å². The number of benzene rings is 1. The second-order valence-corrected chi connectivity index (χ2v) is 6.67. The first-order valence-corrected chi connectivity index (χ1v) is 8.01. The van der Waals surface area contributed by atoms with Crippen molar-refractivity contribution in [1.29, 1.82) is 0 Å². The molecule has 0 spiro atoms. The Hall–Kier alpha value is -1.65. The van der Waals surface area contributed by atoms with Crippen molar-refractivity contribution in [3.05, 3.63) is 63.1 Å². The maximum atomic E-state index is 11.8. The van der Waals surface area contributed by atoms with Gasteiger partial charge in [0.25, 0.3) is 0 Å². The molecule has 1 aliphatic carbocycles. The summed E-state index contributed by atoms with van der Waals surface area (Å²) in [4.78, 5) is 17.1. The number of thiazole rings is 1. The van der Waals surface area contributed by atoms with Crippen LogP contribution in [0.5, 0.6) is 0 Å². The average molecular weight is 319 g/mol. The van der Waals surface area contributed by atoms with Gasteiger partial charge in [0.15, 0.2) is 0 Å². The molecule has 1 aliphatic rings. The highest BCUT2D eigenvalue weighted by Crippen LogP contribution is 2.40. The Bertz CT molecular complexity index is 681. The fourth-order valence-electron chi connectivity index (χ4n) is 2.85. The van der Waals surface area contributed by atoms with Gasteiger partial charge in [0.2, 0.25) is 5.91 Å². The van der Waals surface area contributed by atoms with Crippen LogP contribution in [-0.4, -0.2) is 10.9 Å². The predicted molar refractivity (Wildman–Crippen MR) is 85.4 cm³/mol. The van der Waals surface area contributed by atoms with Gasteiger partial charge in [0.05, 0.1) is 11.4 Å². The molecular formula is C16H15ClN2OS. The molecule has 108 valence electrons. The monoisotopic (exact) mass is 318 g/mol. The zero-order valence-corrected chi connectivity index (χ0v) is 12.9. The minimum atomic E-state index is -0.254. The van der Waals surface area contributed by atoms with Gasteiger partial charge in [0.1, 0.15) is 0 Å². The number of nitrogens with zero attached hydrogens (tertiary/aromatic N) is 1. The topological polar surface area (TPSA) is 56.0 Å². The molecule has 21 heavy (non-hydrogen) atoms. The summed E-state index contributed by atoms with van der Waals surface area (Å²) in [5, 5.41) is 0.681. The van der Waals surface area contributed by atoms with E-state index in [1.54, 1.807) is 11.3 Å². The van der Waals surface area contributed by atoms with Gasteiger partial charge in [-0.3, -0.25) is 9.78 Å². The van der Waals surface area contributed by atoms with E-state index in [1.807, 2.05) is 36.0 Å². The normalized spacial score (nSPS) is 21.3. The van der Waals surface area contributed by atoms with E-state index < -0.39 is 0 Å². The molecular weight excluding hydrogens is 304 g/mol. The van der Waals surface area contributed by atoms with Crippen molar-refractivity contribution in [3.63, 3.8) is 0 Å². The van der Waals surface area contributed by atoms with Gasteiger partial charge in [-0.15, -0.1) is 11.3 Å². The highest BCUT2D eigenvalue weighted by Gasteiger charge is 2.32. The smallest absolute Gasteiger partial charge is 0.221 e. The molecule has 0 radical (unpaired) electrons. The van der Waals surface area contributed by atoms with Crippen LogP contribution in [0.3, 0.4) is 0 Å². The SMILES string of the molecule is NC(=O)[C@H]1CC(Cc2cncs2)=C[C@H]1c1cccc(Cl)c1. The van der Waals surface area contributed by atoms with Crippen LogP contribution < -0.4 is 5.73 Å². The van der Waals surface area contributed by atoms with E-state index in [4.69, 9.17) is 17.3 Å². The molecule has 1 aromatic carbocycles. The lowest BCUT2D eigenvalue weighted by molar-refractivity contribution is -0.121. The summed E-state index contributed by atoms with van der Waals surface area (Å²) in [7, 11) is 0. The summed E-state index contributed by atoms with van der Waals surface area (Å²) < 4.78 is 0. The van der Waals surface area contributed by atoms with Crippen LogP contribution >= 0.6 is 22.9 Å². The van der Waals surface area contributed by atoms with Crippen molar-refractivity contribution < 1.29 is 4.79 Å². The van der Waals surface area contributed by atoms with Crippen LogP contribution in [0.1, 0.15) is 22.8 Å². The first-order chi connectivity index (χ1) is 10.1. The summed E-state index contributed by atoms with van der Waals surface area (Å²) >= 11 is 7.69. The largest absolute Gasteiger partial charge is 0.369 e. The lowest BCUT2D eigenvalue weighted by Gasteiger charge is -2.16. The first kappa shape index (κ1) is 14.3. The number of halogens is 1. The molecule has 0 saturated heterocycles. The van der Waals surface area contributed by atoms with E-state index in [2.05, 4.69) is 11.1 Å². The van der Waals surface area contributed by atoms with Gasteiger partial charge in [0, 0.05) is 28.4 Å². The molecule has 1 heterocycles. The van der Waals surface area contributed by atoms with Gasteiger partial charge >= 0.3 is 0 Å². The van der Waals surface area contributed by atoms with Crippen LogP contribution in [0.2, 0.25) is 5.02 Å². The average Bonchev–Trinajstić information content (AvgIpc) is 3.08. The third-order valence-corrected chi connectivity index (χ3v) is 4.83. The minimum absolute atomic E-state index is 0.0177. The number of nitrogens with two attached hydrogens (primary N) is 1. The maximum Gasteiger partial charge on any atom is 0.221 e. The summed E-state index contributed by atoms with van der Waals surface area (Å²) in [5.74, 6) is -0.425. The number of rotatable bonds is 4. The van der Waals surface area contributed by atoms with Crippen LogP contribution in [-0.2, 0) is 11.2 Å². The zero-order valence-electron chi connectivity index (χ0n) is 11.3. The molecule has 2 aromatic rings. The van der Waals surface area contributed by atoms with Crippen LogP contribution in [0, 0.1) is 5.92 Å². The van der Waals surface area contributed by atoms with Crippen molar-refractivity contribution in [2.24, 2.45) is 11.7 Å². The molecule has 0 bridgehead atoms. The highest BCUT2D eigenvalue weighted by molar-refractivity contribution is 7.09. The van der Waals surface area contributed by atoms with Crippen molar-refractivity contribution >= 4 is 28.8 Å². The van der Waals surface area contributed by atoms with Crippen LogP contribution in [0.15, 0.2) is 47.6 Å². The third-order valence-electron chi connectivity index (χ3n) is 3.81. The number of amides is 1. The van der Waals surface area contributed by atoms with Crippen molar-refractivity contribution in [3.8, 4) is 0 Å². The van der Waals surface area contributed by atoms with Crippen LogP contribution in [0.25, 0.3) is 0 Å². The van der Waals surface area contributed by atoms with E-state index in [0.29, 0.717) is 11.4 Å². The fraction of sp³-hybridized carbons (Fsp3) is 0.250. The molecule has 3 nitrogen and oxygen atoms in total. The minimum Gasteiger partial charge on any atom is -0.369 e. The summed E-state index contributed by atoms with van der Waals surface area (Å²) in [6, 6.07) is 7.65. The Morgan fingerprint density at radius 1 is 1.48 bits per heavy atom. The molecule has 0 saturated carbocycles. The number of allylic oxidation sites excluding steroid dienone is 2. The molecule has 3 rings (SSSR count). The van der Waals surface area contributed by atoms with E-state index in [-0.39, 0.29) is 17.7 Å². The molecule has 0 aliphatic heterocycles. The number of hydrogen-bond donors (Lipinski definition) is 1. The second kappa shape index (κ2) is 6.00. The molecule has 2 N–H and O–H groups in total. The predicted octanol–water partition coefficient (Wildman–Crippen LogP) is 3.55. The number of primary amides is 1. The van der Waals surface area contributed by atoms with Crippen molar-refractivity contribution in [2.45, 2.75) is 18.8 Å². The number of carbonyl (C=O) groups is 1. The molecule has 2 atom stereocenters. The second-order valence-electron chi connectivity index (χ2n) is 5.26. The summed E-state index contributed by atoms with van der Waals surface area (Å²) in [6.07, 6.45) is 5.59. The Kier molecular flexibility index (Phi) is 4.08. The highest BCUT2D eigenvalue weighted by atomic mass is 35.5. The van der Waals surface area contributed by atoms with E-state index in [9.17, 15) is 4.79 Å². The lowest BCUT2D eigenvalue weighted by Crippen LogP contribution is -2.25. The van der Waals surface area contributed by atoms with Gasteiger partial charge in [-0.1, -0.05) is 35.4 Å². The maximum absolute atomic E-state index is 11.8. The van der Waals surface area contributed by atoms with Gasteiger partial charge in [-0.25, -0.2) is 0 Å². The molecule has 5 heteroatoms. The Morgan fingerprint density at radius 2 is 2.33 bits per heavy atom. The van der Waals surface area contributed by atoms with Gasteiger partial charge in [-0.2, -0.15) is 0 Å². The number of hydrogen-bond acceptors (Lipinski definition) is 3. The summed E-state index contributed by atoms with van der Waals surface area (Å²) in [5.41, 5.74) is 9.70. The van der Waals surface area contributed by atoms with Gasteiger partial charge < -0.3 is 5.73 Å². The Balaban J connectivity index is 1.88. The number of carbonyl (C=O) groups excluding carboxylic acids is 1. The van der Waals surface area contributed by atoms with Gasteiger partial charge in [-0.05, 0) is 24.1 Å². The Morgan fingerprint density at radius 3 is 3.00 bits per heavy atom. The first-order valence-electron chi connectivity index (χ1n) is 6.75. The van der Waals surface area contributed by atoms with E-state index >= 15 is 0 Å². The van der Waals surface area contributed by atoms with E-state index in [1.165, 1.54) is 10.5 Å². The molecule has 0 unspecified atom stereocenters. The molecule has 1 amide bonds. The lowest BCUT2D eigenvalue weighted by atomic mass is 9.88. The standard InChI is InChI=1S/C16H15ClN2OS/c17-12-3-1-2-11(7-12)14-5-10(6-15(14)16(18)20)4-13-8-19-9-21-13/h1-3,5,7-9,14-15H,4,6H2,(H2,18,20)/t14-,15-/m0/s1. The van der Waals surface area contributed by atoms with Crippen LogP contribution in [0.4, 0.5) is 0 Å². The number of aromatic nitrogens is 1. The third kappa shape index (κ3) is 3.17. The molecule has 1 aromatic heterocycles. The molecule has 0 fully saturated rings. The zero-order chi connectivity index (χ0) is 14.8. The fourth-order valence-corrected chi connectivity index (χ4v) is 3.70.